The van der Waals surface area contributed by atoms with Gasteiger partial charge in [-0.3, -0.25) is 0 Å². The Hall–Kier alpha value is 0.557. The summed E-state index contributed by atoms with van der Waals surface area (Å²) in [4.78, 5) is 2.64. The van der Waals surface area contributed by atoms with Crippen molar-refractivity contribution in [3.63, 3.8) is 0 Å². The third-order valence-corrected chi connectivity index (χ3v) is 3.41. The molecule has 1 radical (unpaired) electrons. The second kappa shape index (κ2) is 17.6. The van der Waals surface area contributed by atoms with E-state index in [1.807, 2.05) is 0 Å². The second-order valence-electron chi connectivity index (χ2n) is 5.32. The van der Waals surface area contributed by atoms with E-state index in [0.29, 0.717) is 0 Å². The molecule has 1 nitrogen and oxygen atoms in total. The van der Waals surface area contributed by atoms with E-state index in [1.165, 1.54) is 83.8 Å². The molecular weight excluding hydrogens is 213 g/mol. The van der Waals surface area contributed by atoms with Crippen molar-refractivity contribution in [2.45, 2.75) is 85.0 Å². The van der Waals surface area contributed by atoms with Crippen molar-refractivity contribution in [1.29, 1.82) is 0 Å². The zero-order valence-corrected chi connectivity index (χ0v) is 13.6. The molecule has 0 saturated carbocycles. The van der Waals surface area contributed by atoms with Crippen molar-refractivity contribution in [3.8, 4) is 0 Å². The normalized spacial score (nSPS) is 10.7. The Morgan fingerprint density at radius 2 is 0.944 bits per heavy atom. The van der Waals surface area contributed by atoms with Crippen LogP contribution in [0, 0.1) is 0 Å². The van der Waals surface area contributed by atoms with E-state index in [9.17, 15) is 0 Å². The fourth-order valence-electron chi connectivity index (χ4n) is 2.44. The Kier molecular flexibility index (Phi) is 20.4. The summed E-state index contributed by atoms with van der Waals surface area (Å²) in [6.45, 7) is 10.8. The van der Waals surface area contributed by atoms with Crippen molar-refractivity contribution in [3.05, 3.63) is 0 Å². The average Bonchev–Trinajstić information content (AvgIpc) is 2.33. The molecule has 0 amide bonds. The standard InChI is InChI=1S/C16H35N.Li/c1-4-7-8-9-10-11-12-13-16-17(14-5-2)15-6-3;/h4-16H2,1-3H3;. The summed E-state index contributed by atoms with van der Waals surface area (Å²) in [7, 11) is 0. The van der Waals surface area contributed by atoms with Gasteiger partial charge in [-0.15, -0.1) is 0 Å². The fourth-order valence-corrected chi connectivity index (χ4v) is 2.44. The molecule has 0 unspecified atom stereocenters. The maximum absolute atomic E-state index is 2.64. The first-order chi connectivity index (χ1) is 8.35. The molecule has 0 heterocycles. The predicted molar refractivity (Wildman–Crippen MR) is 85.4 cm³/mol. The number of hydrogen-bond acceptors (Lipinski definition) is 1. The van der Waals surface area contributed by atoms with Gasteiger partial charge >= 0.3 is 0 Å². The summed E-state index contributed by atoms with van der Waals surface area (Å²) in [6.07, 6.45) is 14.1. The minimum Gasteiger partial charge on any atom is -0.303 e. The average molecular weight is 248 g/mol. The van der Waals surface area contributed by atoms with Gasteiger partial charge in [0.1, 0.15) is 0 Å². The van der Waals surface area contributed by atoms with Crippen molar-refractivity contribution < 1.29 is 0 Å². The van der Waals surface area contributed by atoms with Gasteiger partial charge in [0.15, 0.2) is 0 Å². The fraction of sp³-hybridized carbons (Fsp3) is 1.00. The van der Waals surface area contributed by atoms with Crippen LogP contribution in [-0.2, 0) is 0 Å². The molecule has 0 fully saturated rings. The molecule has 0 bridgehead atoms. The largest absolute Gasteiger partial charge is 0.303 e. The third-order valence-electron chi connectivity index (χ3n) is 3.41. The minimum atomic E-state index is 0. The van der Waals surface area contributed by atoms with Crippen molar-refractivity contribution in [2.24, 2.45) is 0 Å². The van der Waals surface area contributed by atoms with Crippen LogP contribution in [0.15, 0.2) is 0 Å². The summed E-state index contributed by atoms with van der Waals surface area (Å²) in [5.74, 6) is 0. The van der Waals surface area contributed by atoms with Crippen LogP contribution >= 0.6 is 0 Å². The molecule has 0 atom stereocenters. The topological polar surface area (TPSA) is 3.24 Å². The Labute approximate surface area is 128 Å². The van der Waals surface area contributed by atoms with Crippen LogP contribution in [0.2, 0.25) is 0 Å². The Morgan fingerprint density at radius 1 is 0.500 bits per heavy atom. The quantitative estimate of drug-likeness (QED) is 0.332. The monoisotopic (exact) mass is 248 g/mol. The minimum absolute atomic E-state index is 0. The number of unbranched alkanes of at least 4 members (excludes halogenated alkanes) is 7. The first-order valence-electron chi connectivity index (χ1n) is 8.07. The molecule has 0 spiro atoms. The van der Waals surface area contributed by atoms with Crippen LogP contribution in [0.25, 0.3) is 0 Å². The Balaban J connectivity index is 0. The van der Waals surface area contributed by atoms with E-state index < -0.39 is 0 Å². The van der Waals surface area contributed by atoms with Crippen LogP contribution in [0.5, 0.6) is 0 Å². The van der Waals surface area contributed by atoms with Gasteiger partial charge in [0.2, 0.25) is 0 Å². The van der Waals surface area contributed by atoms with E-state index in [2.05, 4.69) is 25.7 Å². The van der Waals surface area contributed by atoms with Crippen LogP contribution in [0.3, 0.4) is 0 Å². The molecule has 18 heavy (non-hydrogen) atoms. The molecule has 0 aromatic heterocycles. The molecule has 0 aromatic carbocycles. The number of rotatable bonds is 13. The van der Waals surface area contributed by atoms with Crippen LogP contribution in [0.1, 0.15) is 85.0 Å². The maximum Gasteiger partial charge on any atom is 0 e. The molecule has 0 saturated heterocycles. The summed E-state index contributed by atoms with van der Waals surface area (Å²) in [5, 5.41) is 0. The molecule has 105 valence electrons. The first-order valence-corrected chi connectivity index (χ1v) is 8.07. The van der Waals surface area contributed by atoms with E-state index >= 15 is 0 Å². The van der Waals surface area contributed by atoms with E-state index in [1.54, 1.807) is 0 Å². The van der Waals surface area contributed by atoms with Gasteiger partial charge in [0.05, 0.1) is 0 Å². The Bertz CT molecular complexity index is 133. The molecule has 0 aliphatic rings. The van der Waals surface area contributed by atoms with Crippen molar-refractivity contribution >= 4 is 18.9 Å². The van der Waals surface area contributed by atoms with Gasteiger partial charge in [0.25, 0.3) is 0 Å². The molecule has 0 N–H and O–H groups in total. The van der Waals surface area contributed by atoms with Crippen LogP contribution < -0.4 is 0 Å². The summed E-state index contributed by atoms with van der Waals surface area (Å²) >= 11 is 0. The van der Waals surface area contributed by atoms with Gasteiger partial charge in [-0.1, -0.05) is 65.7 Å². The van der Waals surface area contributed by atoms with E-state index in [-0.39, 0.29) is 18.9 Å². The van der Waals surface area contributed by atoms with Gasteiger partial charge < -0.3 is 4.90 Å². The van der Waals surface area contributed by atoms with Crippen LogP contribution in [-0.4, -0.2) is 43.4 Å². The maximum atomic E-state index is 2.64. The first kappa shape index (κ1) is 20.9. The molecule has 0 aliphatic carbocycles. The van der Waals surface area contributed by atoms with Gasteiger partial charge in [0, 0.05) is 18.9 Å². The van der Waals surface area contributed by atoms with E-state index in [4.69, 9.17) is 0 Å². The smallest absolute Gasteiger partial charge is 0 e. The van der Waals surface area contributed by atoms with Crippen LogP contribution in [0.4, 0.5) is 0 Å². The Morgan fingerprint density at radius 3 is 1.39 bits per heavy atom. The molecular formula is C16H35LiN. The van der Waals surface area contributed by atoms with Crippen molar-refractivity contribution in [2.75, 3.05) is 19.6 Å². The van der Waals surface area contributed by atoms with Gasteiger partial charge in [-0.05, 0) is 38.9 Å². The molecule has 0 aromatic rings. The van der Waals surface area contributed by atoms with Gasteiger partial charge in [-0.2, -0.15) is 0 Å². The summed E-state index contributed by atoms with van der Waals surface area (Å²) in [6, 6.07) is 0. The zero-order valence-electron chi connectivity index (χ0n) is 13.6. The van der Waals surface area contributed by atoms with E-state index in [0.717, 1.165) is 0 Å². The second-order valence-corrected chi connectivity index (χ2v) is 5.32. The number of hydrogen-bond donors (Lipinski definition) is 0. The third kappa shape index (κ3) is 14.6. The molecule has 0 aliphatic heterocycles. The van der Waals surface area contributed by atoms with Gasteiger partial charge in [-0.25, -0.2) is 0 Å². The predicted octanol–water partition coefficient (Wildman–Crippen LogP) is 4.87. The molecule has 0 rings (SSSR count). The summed E-state index contributed by atoms with van der Waals surface area (Å²) in [5.41, 5.74) is 0. The van der Waals surface area contributed by atoms with Crippen molar-refractivity contribution in [1.82, 2.24) is 4.90 Å². The number of nitrogens with zero attached hydrogens (tertiary/aromatic N) is 1. The SMILES string of the molecule is CCCCCCCCCCN(CCC)CCC.[Li]. The summed E-state index contributed by atoms with van der Waals surface area (Å²) < 4.78 is 0. The molecule has 2 heteroatoms. The zero-order chi connectivity index (χ0) is 12.8.